The average Bonchev–Trinajstić information content (AvgIpc) is 2.53. The van der Waals surface area contributed by atoms with Crippen LogP contribution in [0.25, 0.3) is 0 Å². The number of carbonyl (C=O) groups is 1. The first-order valence-corrected chi connectivity index (χ1v) is 9.19. The van der Waals surface area contributed by atoms with Crippen molar-refractivity contribution in [3.8, 4) is 0 Å². The highest BCUT2D eigenvalue weighted by molar-refractivity contribution is 5.68. The Bertz CT molecular complexity index is 494. The summed E-state index contributed by atoms with van der Waals surface area (Å²) in [5.74, 6) is 0.451. The molecule has 0 unspecified atom stereocenters. The van der Waals surface area contributed by atoms with Gasteiger partial charge in [-0.2, -0.15) is 0 Å². The Morgan fingerprint density at radius 2 is 1.79 bits per heavy atom. The van der Waals surface area contributed by atoms with Gasteiger partial charge in [0.05, 0.1) is 6.10 Å². The van der Waals surface area contributed by atoms with Gasteiger partial charge in [-0.25, -0.2) is 4.79 Å². The zero-order valence-corrected chi connectivity index (χ0v) is 15.6. The van der Waals surface area contributed by atoms with Crippen LogP contribution in [0.5, 0.6) is 0 Å². The SMILES string of the molecule is CC(C)CN(C(=O)OC(C)C)C1CCN(Cc2ccccc2)CC1. The molecule has 2 rings (SSSR count). The van der Waals surface area contributed by atoms with Crippen molar-refractivity contribution in [3.63, 3.8) is 0 Å². The summed E-state index contributed by atoms with van der Waals surface area (Å²) in [6.45, 7) is 12.0. The summed E-state index contributed by atoms with van der Waals surface area (Å²) in [6.07, 6.45) is 1.82. The average molecular weight is 332 g/mol. The summed E-state index contributed by atoms with van der Waals surface area (Å²) in [4.78, 5) is 16.9. The second kappa shape index (κ2) is 9.07. The van der Waals surface area contributed by atoms with Gasteiger partial charge in [0, 0.05) is 32.2 Å². The monoisotopic (exact) mass is 332 g/mol. The molecule has 1 heterocycles. The van der Waals surface area contributed by atoms with Crippen molar-refractivity contribution < 1.29 is 9.53 Å². The summed E-state index contributed by atoms with van der Waals surface area (Å²) >= 11 is 0. The minimum Gasteiger partial charge on any atom is -0.447 e. The van der Waals surface area contributed by atoms with Crippen molar-refractivity contribution in [2.24, 2.45) is 5.92 Å². The first kappa shape index (κ1) is 18.8. The van der Waals surface area contributed by atoms with Crippen molar-refractivity contribution in [2.75, 3.05) is 19.6 Å². The number of amides is 1. The topological polar surface area (TPSA) is 32.8 Å². The first-order valence-electron chi connectivity index (χ1n) is 9.19. The van der Waals surface area contributed by atoms with E-state index in [0.717, 1.165) is 39.0 Å². The Balaban J connectivity index is 1.90. The van der Waals surface area contributed by atoms with Crippen LogP contribution in [-0.4, -0.2) is 47.7 Å². The van der Waals surface area contributed by atoms with Crippen LogP contribution in [0, 0.1) is 5.92 Å². The molecule has 0 spiro atoms. The smallest absolute Gasteiger partial charge is 0.410 e. The molecule has 1 amide bonds. The van der Waals surface area contributed by atoms with Crippen LogP contribution in [0.15, 0.2) is 30.3 Å². The van der Waals surface area contributed by atoms with E-state index in [2.05, 4.69) is 49.1 Å². The number of likely N-dealkylation sites (tertiary alicyclic amines) is 1. The predicted octanol–water partition coefficient (Wildman–Crippen LogP) is 4.15. The number of carbonyl (C=O) groups excluding carboxylic acids is 1. The third kappa shape index (κ3) is 5.82. The van der Waals surface area contributed by atoms with E-state index in [1.807, 2.05) is 18.7 Å². The maximum absolute atomic E-state index is 12.5. The molecule has 0 saturated carbocycles. The number of nitrogens with zero attached hydrogens (tertiary/aromatic N) is 2. The molecule has 1 aliphatic rings. The van der Waals surface area contributed by atoms with E-state index >= 15 is 0 Å². The van der Waals surface area contributed by atoms with Crippen LogP contribution in [0.2, 0.25) is 0 Å². The molecule has 1 aromatic rings. The normalized spacial score (nSPS) is 16.6. The van der Waals surface area contributed by atoms with E-state index in [-0.39, 0.29) is 12.2 Å². The molecule has 0 bridgehead atoms. The van der Waals surface area contributed by atoms with Gasteiger partial charge in [0.25, 0.3) is 0 Å². The Hall–Kier alpha value is -1.55. The van der Waals surface area contributed by atoms with Crippen LogP contribution in [0.3, 0.4) is 0 Å². The van der Waals surface area contributed by atoms with E-state index in [1.165, 1.54) is 5.56 Å². The molecule has 0 N–H and O–H groups in total. The Kier molecular flexibility index (Phi) is 7.10. The van der Waals surface area contributed by atoms with Gasteiger partial charge in [-0.15, -0.1) is 0 Å². The van der Waals surface area contributed by atoms with Gasteiger partial charge < -0.3 is 9.64 Å². The Morgan fingerprint density at radius 1 is 1.17 bits per heavy atom. The number of ether oxygens (including phenoxy) is 1. The molecule has 24 heavy (non-hydrogen) atoms. The minimum absolute atomic E-state index is 0.0645. The van der Waals surface area contributed by atoms with Crippen molar-refractivity contribution in [2.45, 2.75) is 59.2 Å². The molecular formula is C20H32N2O2. The molecule has 0 atom stereocenters. The second-order valence-corrected chi connectivity index (χ2v) is 7.47. The highest BCUT2D eigenvalue weighted by Gasteiger charge is 2.29. The van der Waals surface area contributed by atoms with Gasteiger partial charge in [0.2, 0.25) is 0 Å². The third-order valence-corrected chi connectivity index (χ3v) is 4.38. The molecular weight excluding hydrogens is 300 g/mol. The van der Waals surface area contributed by atoms with E-state index < -0.39 is 0 Å². The molecule has 1 fully saturated rings. The van der Waals surface area contributed by atoms with Gasteiger partial charge in [-0.1, -0.05) is 44.2 Å². The summed E-state index contributed by atoms with van der Waals surface area (Å²) < 4.78 is 5.46. The van der Waals surface area contributed by atoms with Crippen LogP contribution in [0.4, 0.5) is 4.79 Å². The standard InChI is InChI=1S/C20H32N2O2/c1-16(2)14-22(20(23)24-17(3)4)19-10-12-21(13-11-19)15-18-8-6-5-7-9-18/h5-9,16-17,19H,10-15H2,1-4H3. The third-order valence-electron chi connectivity index (χ3n) is 4.38. The van der Waals surface area contributed by atoms with Crippen LogP contribution in [-0.2, 0) is 11.3 Å². The van der Waals surface area contributed by atoms with Gasteiger partial charge in [0.15, 0.2) is 0 Å². The largest absolute Gasteiger partial charge is 0.447 e. The summed E-state index contributed by atoms with van der Waals surface area (Å²) in [5.41, 5.74) is 1.36. The number of benzene rings is 1. The molecule has 134 valence electrons. The fourth-order valence-electron chi connectivity index (χ4n) is 3.27. The lowest BCUT2D eigenvalue weighted by Gasteiger charge is -2.39. The van der Waals surface area contributed by atoms with Crippen molar-refractivity contribution in [1.29, 1.82) is 0 Å². The lowest BCUT2D eigenvalue weighted by Crippen LogP contribution is -2.49. The zero-order valence-electron chi connectivity index (χ0n) is 15.6. The van der Waals surface area contributed by atoms with Crippen molar-refractivity contribution in [1.82, 2.24) is 9.80 Å². The summed E-state index contributed by atoms with van der Waals surface area (Å²) in [6, 6.07) is 10.9. The van der Waals surface area contributed by atoms with Crippen molar-refractivity contribution >= 4 is 6.09 Å². The maximum Gasteiger partial charge on any atom is 0.410 e. The van der Waals surface area contributed by atoms with E-state index in [9.17, 15) is 4.79 Å². The van der Waals surface area contributed by atoms with Crippen molar-refractivity contribution in [3.05, 3.63) is 35.9 Å². The molecule has 1 saturated heterocycles. The van der Waals surface area contributed by atoms with Crippen LogP contribution >= 0.6 is 0 Å². The maximum atomic E-state index is 12.5. The molecule has 0 aliphatic carbocycles. The fraction of sp³-hybridized carbons (Fsp3) is 0.650. The molecule has 1 aromatic carbocycles. The highest BCUT2D eigenvalue weighted by atomic mass is 16.6. The zero-order chi connectivity index (χ0) is 17.5. The minimum atomic E-state index is -0.153. The molecule has 1 aliphatic heterocycles. The summed E-state index contributed by atoms with van der Waals surface area (Å²) in [5, 5.41) is 0. The van der Waals surface area contributed by atoms with Gasteiger partial charge in [-0.3, -0.25) is 4.90 Å². The molecule has 4 nitrogen and oxygen atoms in total. The lowest BCUT2D eigenvalue weighted by atomic mass is 10.0. The predicted molar refractivity (Wildman–Crippen MR) is 97.9 cm³/mol. The number of piperidine rings is 1. The molecule has 0 aromatic heterocycles. The number of hydrogen-bond acceptors (Lipinski definition) is 3. The van der Waals surface area contributed by atoms with Gasteiger partial charge in [-0.05, 0) is 38.2 Å². The van der Waals surface area contributed by atoms with E-state index in [4.69, 9.17) is 4.74 Å². The Morgan fingerprint density at radius 3 is 2.33 bits per heavy atom. The Labute approximate surface area is 146 Å². The first-order chi connectivity index (χ1) is 11.5. The van der Waals surface area contributed by atoms with Gasteiger partial charge in [0.1, 0.15) is 0 Å². The highest BCUT2D eigenvalue weighted by Crippen LogP contribution is 2.21. The summed E-state index contributed by atoms with van der Waals surface area (Å²) in [7, 11) is 0. The van der Waals surface area contributed by atoms with E-state index in [1.54, 1.807) is 0 Å². The molecule has 4 heteroatoms. The second-order valence-electron chi connectivity index (χ2n) is 7.47. The lowest BCUT2D eigenvalue weighted by molar-refractivity contribution is 0.0422. The van der Waals surface area contributed by atoms with E-state index in [0.29, 0.717) is 12.0 Å². The fourth-order valence-corrected chi connectivity index (χ4v) is 3.27. The number of rotatable bonds is 6. The van der Waals surface area contributed by atoms with Crippen LogP contribution < -0.4 is 0 Å². The molecule has 0 radical (unpaired) electrons. The quantitative estimate of drug-likeness (QED) is 0.784. The van der Waals surface area contributed by atoms with Crippen LogP contribution in [0.1, 0.15) is 46.1 Å². The number of hydrogen-bond donors (Lipinski definition) is 0. The van der Waals surface area contributed by atoms with Gasteiger partial charge >= 0.3 is 6.09 Å².